The Kier molecular flexibility index (Phi) is 5.93. The Morgan fingerprint density at radius 2 is 1.00 bits per heavy atom. The lowest BCUT2D eigenvalue weighted by Crippen LogP contribution is -1.97. The molecule has 0 heteroatoms. The highest BCUT2D eigenvalue weighted by Gasteiger charge is 2.08. The Morgan fingerprint density at radius 3 is 1.42 bits per heavy atom. The third-order valence-electron chi connectivity index (χ3n) is 4.22. The van der Waals surface area contributed by atoms with Crippen molar-refractivity contribution < 1.29 is 0 Å². The molecular weight excluding hydrogens is 288 g/mol. The molecule has 0 bridgehead atoms. The summed E-state index contributed by atoms with van der Waals surface area (Å²) in [4.78, 5) is 0. The molecule has 0 heterocycles. The molecule has 2 aromatic carbocycles. The van der Waals surface area contributed by atoms with Gasteiger partial charge in [-0.3, -0.25) is 0 Å². The van der Waals surface area contributed by atoms with E-state index in [1.807, 2.05) is 12.1 Å². The molecule has 0 spiro atoms. The van der Waals surface area contributed by atoms with E-state index in [9.17, 15) is 0 Å². The van der Waals surface area contributed by atoms with E-state index < -0.39 is 0 Å². The van der Waals surface area contributed by atoms with Crippen LogP contribution in [0.5, 0.6) is 0 Å². The molecule has 118 valence electrons. The van der Waals surface area contributed by atoms with Crippen molar-refractivity contribution in [3.05, 3.63) is 82.9 Å². The summed E-state index contributed by atoms with van der Waals surface area (Å²) in [6.07, 6.45) is 6.26. The van der Waals surface area contributed by atoms with Crippen molar-refractivity contribution in [3.8, 4) is 23.7 Å². The fraction of sp³-hybridized carbons (Fsp3) is 0.250. The van der Waals surface area contributed by atoms with Gasteiger partial charge in [-0.15, -0.1) is 0 Å². The Balaban J connectivity index is 1.69. The van der Waals surface area contributed by atoms with E-state index in [2.05, 4.69) is 72.2 Å². The molecule has 1 aliphatic rings. The molecule has 3 rings (SSSR count). The maximum Gasteiger partial charge on any atom is 0.0344 e. The fourth-order valence-corrected chi connectivity index (χ4v) is 2.88. The zero-order valence-corrected chi connectivity index (χ0v) is 14.0. The van der Waals surface area contributed by atoms with Crippen LogP contribution < -0.4 is 0 Å². The topological polar surface area (TPSA) is 0 Å². The maximum atomic E-state index is 3.40. The minimum absolute atomic E-state index is 0.815. The lowest BCUT2D eigenvalue weighted by Gasteiger charge is -2.11. The van der Waals surface area contributed by atoms with Crippen LogP contribution in [0.1, 0.15) is 36.8 Å². The van der Waals surface area contributed by atoms with Crippen molar-refractivity contribution in [1.29, 1.82) is 0 Å². The molecule has 0 nitrogen and oxygen atoms in total. The van der Waals surface area contributed by atoms with Crippen LogP contribution in [-0.2, 0) is 12.8 Å². The highest BCUT2D eigenvalue weighted by molar-refractivity contribution is 5.45. The van der Waals surface area contributed by atoms with E-state index in [0.29, 0.717) is 0 Å². The van der Waals surface area contributed by atoms with Crippen molar-refractivity contribution in [1.82, 2.24) is 0 Å². The molecule has 0 atom stereocenters. The average molecular weight is 310 g/mol. The van der Waals surface area contributed by atoms with E-state index in [1.54, 1.807) is 0 Å². The summed E-state index contributed by atoms with van der Waals surface area (Å²) in [5.41, 5.74) is 5.08. The first-order valence-electron chi connectivity index (χ1n) is 8.69. The van der Waals surface area contributed by atoms with Gasteiger partial charge in [-0.05, 0) is 36.8 Å². The normalized spacial score (nSPS) is 13.5. The van der Waals surface area contributed by atoms with Crippen LogP contribution in [0.25, 0.3) is 0 Å². The van der Waals surface area contributed by atoms with Gasteiger partial charge in [0, 0.05) is 24.0 Å². The summed E-state index contributed by atoms with van der Waals surface area (Å²) in [6.45, 7) is 0. The molecule has 0 radical (unpaired) electrons. The molecule has 1 aliphatic carbocycles. The van der Waals surface area contributed by atoms with Crippen LogP contribution in [0.2, 0.25) is 0 Å². The lowest BCUT2D eigenvalue weighted by atomic mass is 9.92. The summed E-state index contributed by atoms with van der Waals surface area (Å²) in [6, 6.07) is 20.9. The van der Waals surface area contributed by atoms with Gasteiger partial charge in [0.2, 0.25) is 0 Å². The van der Waals surface area contributed by atoms with Crippen LogP contribution in [0.15, 0.2) is 71.8 Å². The second-order valence-electron chi connectivity index (χ2n) is 6.09. The molecule has 0 unspecified atom stereocenters. The van der Waals surface area contributed by atoms with Gasteiger partial charge in [0.25, 0.3) is 0 Å². The number of benzene rings is 2. The molecule has 0 saturated carbocycles. The first kappa shape index (κ1) is 16.2. The van der Waals surface area contributed by atoms with Crippen molar-refractivity contribution >= 4 is 0 Å². The van der Waals surface area contributed by atoms with Gasteiger partial charge in [0.15, 0.2) is 0 Å². The van der Waals surface area contributed by atoms with E-state index in [0.717, 1.165) is 25.7 Å². The summed E-state index contributed by atoms with van der Waals surface area (Å²) in [5.74, 6) is 13.5. The van der Waals surface area contributed by atoms with Crippen molar-refractivity contribution in [3.63, 3.8) is 0 Å². The number of hydrogen-bond donors (Lipinski definition) is 0. The SMILES string of the molecule is C(#CC1=C(C#CCc2ccccc2)CCCC1)Cc1ccccc1. The van der Waals surface area contributed by atoms with Gasteiger partial charge in [-0.25, -0.2) is 0 Å². The largest absolute Gasteiger partial charge is 0.0934 e. The van der Waals surface area contributed by atoms with Crippen LogP contribution in [0, 0.1) is 23.7 Å². The molecule has 0 aliphatic heterocycles. The zero-order valence-electron chi connectivity index (χ0n) is 14.0. The molecule has 0 amide bonds. The maximum absolute atomic E-state index is 3.40. The molecule has 0 fully saturated rings. The van der Waals surface area contributed by atoms with Gasteiger partial charge in [-0.2, -0.15) is 0 Å². The van der Waals surface area contributed by atoms with Gasteiger partial charge in [-0.1, -0.05) is 84.3 Å². The molecular formula is C24H22. The van der Waals surface area contributed by atoms with E-state index in [4.69, 9.17) is 0 Å². The smallest absolute Gasteiger partial charge is 0.0344 e. The number of hydrogen-bond acceptors (Lipinski definition) is 0. The van der Waals surface area contributed by atoms with Gasteiger partial charge >= 0.3 is 0 Å². The van der Waals surface area contributed by atoms with E-state index in [-0.39, 0.29) is 0 Å². The number of rotatable bonds is 2. The Hall–Kier alpha value is -2.70. The van der Waals surface area contributed by atoms with Crippen LogP contribution in [0.4, 0.5) is 0 Å². The molecule has 0 N–H and O–H groups in total. The van der Waals surface area contributed by atoms with Crippen LogP contribution in [0.3, 0.4) is 0 Å². The minimum Gasteiger partial charge on any atom is -0.0934 e. The summed E-state index contributed by atoms with van der Waals surface area (Å²) in [7, 11) is 0. The fourth-order valence-electron chi connectivity index (χ4n) is 2.88. The molecule has 0 saturated heterocycles. The predicted molar refractivity (Wildman–Crippen MR) is 101 cm³/mol. The second-order valence-corrected chi connectivity index (χ2v) is 6.09. The molecule has 24 heavy (non-hydrogen) atoms. The monoisotopic (exact) mass is 310 g/mol. The van der Waals surface area contributed by atoms with Gasteiger partial charge in [0.1, 0.15) is 0 Å². The van der Waals surface area contributed by atoms with Crippen LogP contribution in [-0.4, -0.2) is 0 Å². The summed E-state index contributed by atoms with van der Waals surface area (Å²) >= 11 is 0. The Labute approximate surface area is 145 Å². The Morgan fingerprint density at radius 1 is 0.583 bits per heavy atom. The van der Waals surface area contributed by atoms with E-state index in [1.165, 1.54) is 35.1 Å². The van der Waals surface area contributed by atoms with Gasteiger partial charge in [0.05, 0.1) is 0 Å². The van der Waals surface area contributed by atoms with Crippen molar-refractivity contribution in [2.24, 2.45) is 0 Å². The van der Waals surface area contributed by atoms with Gasteiger partial charge < -0.3 is 0 Å². The summed E-state index contributed by atoms with van der Waals surface area (Å²) < 4.78 is 0. The minimum atomic E-state index is 0.815. The average Bonchev–Trinajstić information content (AvgIpc) is 2.65. The van der Waals surface area contributed by atoms with Crippen molar-refractivity contribution in [2.45, 2.75) is 38.5 Å². The standard InChI is InChI=1S/C24H22/c1-3-11-21(12-4-1)15-9-19-23-17-7-8-18-24(23)20-10-16-22-13-5-2-6-14-22/h1-6,11-14H,7-8,15-18H2. The van der Waals surface area contributed by atoms with E-state index >= 15 is 0 Å². The predicted octanol–water partition coefficient (Wildman–Crippen LogP) is 5.35. The quantitative estimate of drug-likeness (QED) is 0.656. The first-order valence-corrected chi connectivity index (χ1v) is 8.69. The summed E-state index contributed by atoms with van der Waals surface area (Å²) in [5, 5.41) is 0. The first-order chi connectivity index (χ1) is 11.9. The highest BCUT2D eigenvalue weighted by atomic mass is 14.1. The van der Waals surface area contributed by atoms with Crippen molar-refractivity contribution in [2.75, 3.05) is 0 Å². The number of allylic oxidation sites excluding steroid dienone is 2. The highest BCUT2D eigenvalue weighted by Crippen LogP contribution is 2.23. The third-order valence-corrected chi connectivity index (χ3v) is 4.22. The van der Waals surface area contributed by atoms with Crippen LogP contribution >= 0.6 is 0 Å². The third kappa shape index (κ3) is 4.91. The second kappa shape index (κ2) is 8.81. The molecule has 0 aromatic heterocycles. The zero-order chi connectivity index (χ0) is 16.5. The molecule has 2 aromatic rings. The Bertz CT molecular complexity index is 731. The lowest BCUT2D eigenvalue weighted by molar-refractivity contribution is 0.699.